The van der Waals surface area contributed by atoms with Crippen LogP contribution in [0.1, 0.15) is 0 Å². The average Bonchev–Trinajstić information content (AvgIpc) is 3.41. The summed E-state index contributed by atoms with van der Waals surface area (Å²) in [6.07, 6.45) is 3.20. The number of fused-ring (bicyclic) bond motifs is 1. The smallest absolute Gasteiger partial charge is 0.352 e. The molecule has 0 bridgehead atoms. The molecule has 2 atom stereocenters. The molecule has 158 valence electrons. The minimum Gasteiger partial charge on any atom is -0.477 e. The van der Waals surface area contributed by atoms with Gasteiger partial charge in [0, 0.05) is 11.5 Å². The van der Waals surface area contributed by atoms with Crippen molar-refractivity contribution in [3.8, 4) is 0 Å². The van der Waals surface area contributed by atoms with E-state index in [-0.39, 0.29) is 12.2 Å². The Morgan fingerprint density at radius 3 is 2.83 bits per heavy atom. The van der Waals surface area contributed by atoms with Crippen LogP contribution in [0.2, 0.25) is 0 Å². The molecule has 0 spiro atoms. The first-order valence-corrected chi connectivity index (χ1v) is 12.5. The van der Waals surface area contributed by atoms with E-state index in [1.54, 1.807) is 0 Å². The molecule has 2 amide bonds. The van der Waals surface area contributed by atoms with E-state index in [4.69, 9.17) is 0 Å². The molecule has 2 aromatic rings. The predicted molar refractivity (Wildman–Crippen MR) is 110 cm³/mol. The minimum absolute atomic E-state index is 0.0168. The molecule has 2 N–H and O–H groups in total. The second-order valence-electron chi connectivity index (χ2n) is 6.05. The lowest BCUT2D eigenvalue weighted by Crippen LogP contribution is -2.70. The predicted octanol–water partition coefficient (Wildman–Crippen LogP) is -0.223. The van der Waals surface area contributed by atoms with Gasteiger partial charge in [-0.05, 0) is 22.3 Å². The third kappa shape index (κ3) is 4.17. The van der Waals surface area contributed by atoms with E-state index in [0.717, 1.165) is 8.68 Å². The summed E-state index contributed by atoms with van der Waals surface area (Å²) in [5.74, 6) is -1.20. The summed E-state index contributed by atoms with van der Waals surface area (Å²) in [6.45, 7) is -0.127. The van der Waals surface area contributed by atoms with E-state index in [0.29, 0.717) is 17.1 Å². The van der Waals surface area contributed by atoms with Crippen molar-refractivity contribution in [2.45, 2.75) is 26.6 Å². The monoisotopic (exact) mass is 486 g/mol. The molecule has 2 aliphatic rings. The first-order chi connectivity index (χ1) is 14.5. The molecular formula is C14H14N8O4S4. The second-order valence-corrected chi connectivity index (χ2v) is 10.4. The van der Waals surface area contributed by atoms with Crippen LogP contribution in [0, 0.1) is 0 Å². The molecule has 1 saturated heterocycles. The van der Waals surface area contributed by atoms with E-state index in [1.165, 1.54) is 62.5 Å². The van der Waals surface area contributed by atoms with E-state index in [9.17, 15) is 19.5 Å². The molecule has 1 fully saturated rings. The lowest BCUT2D eigenvalue weighted by molar-refractivity contribution is -0.150. The summed E-state index contributed by atoms with van der Waals surface area (Å²) in [5, 5.41) is 30.5. The number of carboxylic acid groups (broad SMARTS) is 1. The normalized spacial score (nSPS) is 20.7. The van der Waals surface area contributed by atoms with Gasteiger partial charge in [0.15, 0.2) is 8.68 Å². The molecule has 1 unspecified atom stereocenters. The highest BCUT2D eigenvalue weighted by Gasteiger charge is 2.54. The zero-order valence-electron chi connectivity index (χ0n) is 15.3. The lowest BCUT2D eigenvalue weighted by Gasteiger charge is -2.49. The van der Waals surface area contributed by atoms with Crippen LogP contribution in [0.5, 0.6) is 0 Å². The number of β-lactam (4-membered cyclic amide) rings is 1. The van der Waals surface area contributed by atoms with Crippen LogP contribution in [0.15, 0.2) is 26.3 Å². The Morgan fingerprint density at radius 2 is 2.17 bits per heavy atom. The number of nitrogens with one attached hydrogen (secondary N) is 1. The quantitative estimate of drug-likeness (QED) is 0.374. The summed E-state index contributed by atoms with van der Waals surface area (Å²) in [4.78, 5) is 37.9. The Balaban J connectivity index is 1.43. The largest absolute Gasteiger partial charge is 0.477 e. The Labute approximate surface area is 186 Å². The fourth-order valence-electron chi connectivity index (χ4n) is 2.90. The molecule has 0 aliphatic carbocycles. The van der Waals surface area contributed by atoms with Gasteiger partial charge in [0.1, 0.15) is 30.0 Å². The van der Waals surface area contributed by atoms with Gasteiger partial charge in [-0.3, -0.25) is 14.5 Å². The molecular weight excluding hydrogens is 472 g/mol. The number of aliphatic carboxylic acids is 1. The SMILES string of the molecule is CSc1nnc(SCC2=C(C(=O)O)N3C(=O)C(NC(=O)Cn4cnnn4)[C@H]3SC2)s1. The number of carboxylic acids is 1. The first-order valence-electron chi connectivity index (χ1n) is 8.38. The molecule has 30 heavy (non-hydrogen) atoms. The number of carbonyl (C=O) groups is 3. The van der Waals surface area contributed by atoms with Gasteiger partial charge in [-0.2, -0.15) is 0 Å². The van der Waals surface area contributed by atoms with Gasteiger partial charge < -0.3 is 10.4 Å². The van der Waals surface area contributed by atoms with Gasteiger partial charge >= 0.3 is 5.97 Å². The number of amides is 2. The standard InChI is InChI=1S/C14H14N8O4S4/c1-27-13-17-18-14(30-13)29-4-6-3-28-11-8(10(24)22(11)9(6)12(25)26)16-7(23)2-21-5-15-19-20-21/h5,8,11H,2-4H2,1H3,(H,16,23)(H,25,26)/t8?,11-/m1/s1. The number of nitrogens with zero attached hydrogens (tertiary/aromatic N) is 7. The van der Waals surface area contributed by atoms with Crippen LogP contribution in [-0.2, 0) is 20.9 Å². The summed E-state index contributed by atoms with van der Waals surface area (Å²) in [6, 6.07) is -0.783. The van der Waals surface area contributed by atoms with Crippen LogP contribution in [0.25, 0.3) is 0 Å². The number of aromatic nitrogens is 6. The Bertz CT molecular complexity index is 1010. The number of thioether (sulfide) groups is 3. The summed E-state index contributed by atoms with van der Waals surface area (Å²) < 4.78 is 2.81. The molecule has 4 heterocycles. The van der Waals surface area contributed by atoms with Crippen molar-refractivity contribution >= 4 is 64.4 Å². The third-order valence-electron chi connectivity index (χ3n) is 4.20. The molecule has 2 aliphatic heterocycles. The number of tetrazole rings is 1. The van der Waals surface area contributed by atoms with Crippen molar-refractivity contribution in [2.75, 3.05) is 17.8 Å². The van der Waals surface area contributed by atoms with Gasteiger partial charge in [0.2, 0.25) is 5.91 Å². The number of carbonyl (C=O) groups excluding carboxylic acids is 2. The summed E-state index contributed by atoms with van der Waals surface area (Å²) in [7, 11) is 0. The van der Waals surface area contributed by atoms with Crippen LogP contribution in [-0.4, -0.2) is 87.4 Å². The topological polar surface area (TPSA) is 156 Å². The first kappa shape index (κ1) is 21.1. The molecule has 4 rings (SSSR count). The molecule has 0 saturated carbocycles. The highest BCUT2D eigenvalue weighted by atomic mass is 32.2. The van der Waals surface area contributed by atoms with Crippen molar-refractivity contribution in [1.29, 1.82) is 0 Å². The molecule has 2 aromatic heterocycles. The maximum Gasteiger partial charge on any atom is 0.352 e. The van der Waals surface area contributed by atoms with Crippen molar-refractivity contribution in [3.05, 3.63) is 17.6 Å². The van der Waals surface area contributed by atoms with E-state index in [1.807, 2.05) is 6.26 Å². The van der Waals surface area contributed by atoms with Gasteiger partial charge in [-0.1, -0.05) is 34.9 Å². The summed E-state index contributed by atoms with van der Waals surface area (Å²) in [5.41, 5.74) is 0.623. The molecule has 16 heteroatoms. The molecule has 0 radical (unpaired) electrons. The van der Waals surface area contributed by atoms with E-state index >= 15 is 0 Å². The highest BCUT2D eigenvalue weighted by molar-refractivity contribution is 8.03. The Kier molecular flexibility index (Phi) is 6.26. The van der Waals surface area contributed by atoms with Crippen LogP contribution >= 0.6 is 46.6 Å². The Morgan fingerprint density at radius 1 is 1.37 bits per heavy atom. The third-order valence-corrected chi connectivity index (χ3v) is 8.65. The van der Waals surface area contributed by atoms with Crippen molar-refractivity contribution in [3.63, 3.8) is 0 Å². The van der Waals surface area contributed by atoms with Crippen LogP contribution in [0.4, 0.5) is 0 Å². The van der Waals surface area contributed by atoms with Crippen molar-refractivity contribution in [2.24, 2.45) is 0 Å². The minimum atomic E-state index is -1.16. The zero-order chi connectivity index (χ0) is 21.3. The van der Waals surface area contributed by atoms with Crippen LogP contribution in [0.3, 0.4) is 0 Å². The van der Waals surface area contributed by atoms with Gasteiger partial charge in [0.25, 0.3) is 5.91 Å². The maximum atomic E-state index is 12.6. The van der Waals surface area contributed by atoms with Crippen molar-refractivity contribution in [1.82, 2.24) is 40.6 Å². The van der Waals surface area contributed by atoms with Gasteiger partial charge in [-0.15, -0.1) is 27.1 Å². The number of hydrogen-bond acceptors (Lipinski definition) is 12. The molecule has 12 nitrogen and oxygen atoms in total. The van der Waals surface area contributed by atoms with Crippen LogP contribution < -0.4 is 5.32 Å². The number of rotatable bonds is 8. The second kappa shape index (κ2) is 8.91. The zero-order valence-corrected chi connectivity index (χ0v) is 18.6. The van der Waals surface area contributed by atoms with Gasteiger partial charge in [-0.25, -0.2) is 9.48 Å². The highest BCUT2D eigenvalue weighted by Crippen LogP contribution is 2.42. The molecule has 0 aromatic carbocycles. The van der Waals surface area contributed by atoms with Gasteiger partial charge in [0.05, 0.1) is 0 Å². The fraction of sp³-hybridized carbons (Fsp3) is 0.429. The van der Waals surface area contributed by atoms with Crippen molar-refractivity contribution < 1.29 is 19.5 Å². The lowest BCUT2D eigenvalue weighted by atomic mass is 10.0. The van der Waals surface area contributed by atoms with E-state index < -0.39 is 29.2 Å². The maximum absolute atomic E-state index is 12.6. The average molecular weight is 487 g/mol. The van der Waals surface area contributed by atoms with E-state index in [2.05, 4.69) is 31.0 Å². The fourth-order valence-corrected chi connectivity index (χ4v) is 6.82. The number of hydrogen-bond donors (Lipinski definition) is 2. The summed E-state index contributed by atoms with van der Waals surface area (Å²) >= 11 is 5.75. The Hall–Kier alpha value is -2.17.